The number of aromatic nitrogens is 4. The van der Waals surface area contributed by atoms with E-state index in [-0.39, 0.29) is 23.5 Å². The Balaban J connectivity index is 1.62. The van der Waals surface area contributed by atoms with Gasteiger partial charge in [0.15, 0.2) is 11.6 Å². The number of aryl methyl sites for hydroxylation is 1. The molecule has 3 aromatic rings. The minimum absolute atomic E-state index is 0.172. The lowest BCUT2D eigenvalue weighted by Gasteiger charge is -2.34. The Morgan fingerprint density at radius 3 is 2.55 bits per heavy atom. The van der Waals surface area contributed by atoms with Gasteiger partial charge in [-0.25, -0.2) is 19.9 Å². The number of rotatable bonds is 3. The maximum absolute atomic E-state index is 13.5. The minimum atomic E-state index is -4.46. The highest BCUT2D eigenvalue weighted by atomic mass is 19.4. The first-order valence-electron chi connectivity index (χ1n) is 10.4. The molecule has 33 heavy (non-hydrogen) atoms. The van der Waals surface area contributed by atoms with Crippen molar-refractivity contribution in [2.75, 3.05) is 6.54 Å². The van der Waals surface area contributed by atoms with E-state index in [4.69, 9.17) is 0 Å². The number of likely N-dealkylation sites (tertiary alicyclic amines) is 1. The predicted molar refractivity (Wildman–Crippen MR) is 116 cm³/mol. The first kappa shape index (κ1) is 22.5. The highest BCUT2D eigenvalue weighted by Gasteiger charge is 2.32. The second kappa shape index (κ2) is 9.05. The van der Waals surface area contributed by atoms with Crippen LogP contribution in [0.5, 0.6) is 0 Å². The standard InChI is InChI=1S/C23H21F3N6O/c1-14-11-17(21-27-8-4-9-28-21)20(30-12-14)22(33)32-10-3-5-18(15(32)2)31-19-7-6-16(13-29-19)23(24,25)26/h4,6-9,11-13,15H,3,5,10H2,1-2H3/t15-/m0/s1. The van der Waals surface area contributed by atoms with Gasteiger partial charge in [-0.1, -0.05) is 0 Å². The molecule has 0 N–H and O–H groups in total. The fraction of sp³-hybridized carbons (Fsp3) is 0.304. The van der Waals surface area contributed by atoms with Crippen LogP contribution in [-0.2, 0) is 6.18 Å². The van der Waals surface area contributed by atoms with Crippen LogP contribution in [0.15, 0.2) is 54.0 Å². The molecule has 4 rings (SSSR count). The van der Waals surface area contributed by atoms with Gasteiger partial charge in [0, 0.05) is 37.0 Å². The Morgan fingerprint density at radius 2 is 1.88 bits per heavy atom. The van der Waals surface area contributed by atoms with Crippen molar-refractivity contribution < 1.29 is 18.0 Å². The smallest absolute Gasteiger partial charge is 0.329 e. The van der Waals surface area contributed by atoms with Crippen molar-refractivity contribution in [3.05, 3.63) is 65.9 Å². The number of nitrogens with zero attached hydrogens (tertiary/aromatic N) is 6. The fourth-order valence-corrected chi connectivity index (χ4v) is 3.69. The summed E-state index contributed by atoms with van der Waals surface area (Å²) in [5.74, 6) is 0.299. The molecule has 10 heteroatoms. The first-order chi connectivity index (χ1) is 15.7. The number of carbonyl (C=O) groups excluding carboxylic acids is 1. The van der Waals surface area contributed by atoms with Gasteiger partial charge in [0.2, 0.25) is 0 Å². The molecule has 0 aromatic carbocycles. The van der Waals surface area contributed by atoms with Gasteiger partial charge in [-0.3, -0.25) is 9.78 Å². The molecule has 0 saturated carbocycles. The molecule has 0 aliphatic carbocycles. The molecular weight excluding hydrogens is 433 g/mol. The van der Waals surface area contributed by atoms with Crippen LogP contribution in [0.25, 0.3) is 11.4 Å². The number of carbonyl (C=O) groups is 1. The highest BCUT2D eigenvalue weighted by molar-refractivity contribution is 6.02. The zero-order chi connectivity index (χ0) is 23.6. The van der Waals surface area contributed by atoms with Gasteiger partial charge < -0.3 is 4.90 Å². The van der Waals surface area contributed by atoms with E-state index < -0.39 is 11.7 Å². The molecule has 7 nitrogen and oxygen atoms in total. The Bertz CT molecular complexity index is 1180. The van der Waals surface area contributed by atoms with E-state index >= 15 is 0 Å². The van der Waals surface area contributed by atoms with Crippen molar-refractivity contribution in [1.29, 1.82) is 0 Å². The van der Waals surface area contributed by atoms with Gasteiger partial charge in [0.1, 0.15) is 5.69 Å². The topological polar surface area (TPSA) is 84.2 Å². The van der Waals surface area contributed by atoms with E-state index in [1.165, 1.54) is 6.07 Å². The van der Waals surface area contributed by atoms with Gasteiger partial charge >= 0.3 is 6.18 Å². The number of hydrogen-bond acceptors (Lipinski definition) is 6. The molecule has 0 spiro atoms. The number of halogens is 3. The molecule has 3 aromatic heterocycles. The van der Waals surface area contributed by atoms with Gasteiger partial charge in [-0.15, -0.1) is 0 Å². The summed E-state index contributed by atoms with van der Waals surface area (Å²) in [6, 6.07) is 5.33. The van der Waals surface area contributed by atoms with Crippen LogP contribution in [0.4, 0.5) is 19.0 Å². The van der Waals surface area contributed by atoms with Crippen molar-refractivity contribution in [1.82, 2.24) is 24.8 Å². The van der Waals surface area contributed by atoms with E-state index in [2.05, 4.69) is 24.9 Å². The van der Waals surface area contributed by atoms with Crippen LogP contribution >= 0.6 is 0 Å². The third-order valence-corrected chi connectivity index (χ3v) is 5.41. The SMILES string of the molecule is Cc1cnc(C(=O)N2CCCC(=Nc3ccc(C(F)(F)F)cn3)[C@@H]2C)c(-c2ncccn2)c1. The lowest BCUT2D eigenvalue weighted by Crippen LogP contribution is -2.47. The Labute approximate surface area is 188 Å². The van der Waals surface area contributed by atoms with Crippen molar-refractivity contribution >= 4 is 17.4 Å². The van der Waals surface area contributed by atoms with Crippen molar-refractivity contribution in [3.8, 4) is 11.4 Å². The van der Waals surface area contributed by atoms with Gasteiger partial charge in [0.05, 0.1) is 17.2 Å². The van der Waals surface area contributed by atoms with Crippen LogP contribution < -0.4 is 0 Å². The van der Waals surface area contributed by atoms with Crippen LogP contribution in [-0.4, -0.2) is 49.0 Å². The molecule has 170 valence electrons. The maximum atomic E-state index is 13.5. The zero-order valence-corrected chi connectivity index (χ0v) is 18.0. The van der Waals surface area contributed by atoms with E-state index in [1.54, 1.807) is 29.6 Å². The average Bonchev–Trinajstić information content (AvgIpc) is 2.80. The molecule has 1 aliphatic heterocycles. The van der Waals surface area contributed by atoms with Crippen molar-refractivity contribution in [2.45, 2.75) is 38.9 Å². The molecule has 0 radical (unpaired) electrons. The van der Waals surface area contributed by atoms with Crippen LogP contribution in [0.1, 0.15) is 41.4 Å². The van der Waals surface area contributed by atoms with Crippen LogP contribution in [0, 0.1) is 6.92 Å². The molecule has 1 atom stereocenters. The number of pyridine rings is 2. The molecular formula is C23H21F3N6O. The molecule has 4 heterocycles. The summed E-state index contributed by atoms with van der Waals surface area (Å²) in [7, 11) is 0. The molecule has 1 aliphatic rings. The summed E-state index contributed by atoms with van der Waals surface area (Å²) in [6.07, 6.45) is 2.41. The Kier molecular flexibility index (Phi) is 6.17. The van der Waals surface area contributed by atoms with E-state index in [1.807, 2.05) is 19.9 Å². The number of piperidine rings is 1. The van der Waals surface area contributed by atoms with E-state index in [0.29, 0.717) is 36.5 Å². The zero-order valence-electron chi connectivity index (χ0n) is 18.0. The quantitative estimate of drug-likeness (QED) is 0.575. The number of amides is 1. The lowest BCUT2D eigenvalue weighted by molar-refractivity contribution is -0.137. The summed E-state index contributed by atoms with van der Waals surface area (Å²) < 4.78 is 38.4. The summed E-state index contributed by atoms with van der Waals surface area (Å²) >= 11 is 0. The van der Waals surface area contributed by atoms with Gasteiger partial charge in [0.25, 0.3) is 5.91 Å². The number of aliphatic imine (C=N–C) groups is 1. The number of hydrogen-bond donors (Lipinski definition) is 0. The highest BCUT2D eigenvalue weighted by Crippen LogP contribution is 2.30. The van der Waals surface area contributed by atoms with Crippen LogP contribution in [0.2, 0.25) is 0 Å². The Hall–Kier alpha value is -3.69. The van der Waals surface area contributed by atoms with Gasteiger partial charge in [-0.05, 0) is 56.5 Å². The molecule has 1 saturated heterocycles. The summed E-state index contributed by atoms with van der Waals surface area (Å²) in [6.45, 7) is 4.22. The third kappa shape index (κ3) is 4.89. The minimum Gasteiger partial charge on any atom is -0.329 e. The fourth-order valence-electron chi connectivity index (χ4n) is 3.69. The first-order valence-corrected chi connectivity index (χ1v) is 10.4. The average molecular weight is 454 g/mol. The van der Waals surface area contributed by atoms with Crippen molar-refractivity contribution in [3.63, 3.8) is 0 Å². The molecule has 0 bridgehead atoms. The Morgan fingerprint density at radius 1 is 1.12 bits per heavy atom. The predicted octanol–water partition coefficient (Wildman–Crippen LogP) is 4.66. The normalized spacial score (nSPS) is 17.9. The third-order valence-electron chi connectivity index (χ3n) is 5.41. The van der Waals surface area contributed by atoms with Crippen LogP contribution in [0.3, 0.4) is 0 Å². The summed E-state index contributed by atoms with van der Waals surface area (Å²) in [4.78, 5) is 36.3. The van der Waals surface area contributed by atoms with E-state index in [0.717, 1.165) is 17.8 Å². The maximum Gasteiger partial charge on any atom is 0.417 e. The largest absolute Gasteiger partial charge is 0.417 e. The number of alkyl halides is 3. The van der Waals surface area contributed by atoms with Crippen molar-refractivity contribution in [2.24, 2.45) is 4.99 Å². The molecule has 1 amide bonds. The second-order valence-electron chi connectivity index (χ2n) is 7.77. The van der Waals surface area contributed by atoms with E-state index in [9.17, 15) is 18.0 Å². The lowest BCUT2D eigenvalue weighted by atomic mass is 9.99. The second-order valence-corrected chi connectivity index (χ2v) is 7.77. The molecule has 0 unspecified atom stereocenters. The monoisotopic (exact) mass is 454 g/mol. The van der Waals surface area contributed by atoms with Gasteiger partial charge in [-0.2, -0.15) is 13.2 Å². The summed E-state index contributed by atoms with van der Waals surface area (Å²) in [5.41, 5.74) is 1.50. The summed E-state index contributed by atoms with van der Waals surface area (Å²) in [5, 5.41) is 0. The molecule has 1 fully saturated rings.